The lowest BCUT2D eigenvalue weighted by Crippen LogP contribution is -2.35. The maximum absolute atomic E-state index is 13.8. The quantitative estimate of drug-likeness (QED) is 0.0905. The minimum atomic E-state index is -4.39. The number of rotatable bonds is 10. The summed E-state index contributed by atoms with van der Waals surface area (Å²) >= 11 is 1.30. The molecule has 0 N–H and O–H groups in total. The van der Waals surface area contributed by atoms with Crippen molar-refractivity contribution in [3.63, 3.8) is 0 Å². The van der Waals surface area contributed by atoms with E-state index in [9.17, 15) is 27.2 Å². The van der Waals surface area contributed by atoms with Crippen molar-refractivity contribution in [2.75, 3.05) is 6.54 Å². The van der Waals surface area contributed by atoms with Gasteiger partial charge in [0.15, 0.2) is 5.16 Å². The van der Waals surface area contributed by atoms with Crippen molar-refractivity contribution in [2.45, 2.75) is 43.5 Å². The normalized spacial score (nSPS) is 11.6. The molecule has 5 nitrogen and oxygen atoms in total. The molecule has 226 valence electrons. The van der Waals surface area contributed by atoms with Gasteiger partial charge in [0, 0.05) is 18.8 Å². The fourth-order valence-corrected chi connectivity index (χ4v) is 5.82. The van der Waals surface area contributed by atoms with E-state index < -0.39 is 11.7 Å². The fraction of sp³-hybridized carbons (Fsp3) is 0.206. The summed E-state index contributed by atoms with van der Waals surface area (Å²) in [5.41, 5.74) is 2.66. The summed E-state index contributed by atoms with van der Waals surface area (Å²) in [5.74, 6) is -0.0586. The van der Waals surface area contributed by atoms with E-state index in [0.29, 0.717) is 40.5 Å². The van der Waals surface area contributed by atoms with Gasteiger partial charge in [-0.15, -0.1) is 0 Å². The van der Waals surface area contributed by atoms with Crippen LogP contribution in [0.2, 0.25) is 0 Å². The van der Waals surface area contributed by atoms with Crippen molar-refractivity contribution in [2.24, 2.45) is 0 Å². The van der Waals surface area contributed by atoms with E-state index >= 15 is 0 Å². The molecule has 0 saturated heterocycles. The Balaban J connectivity index is 1.36. The third-order valence-corrected chi connectivity index (χ3v) is 8.19. The standard InChI is InChI=1S/C34H29F4N3O2S/c1-2-19-40(20-23-7-11-25(12-8-23)26-13-15-27(16-14-26)34(36,37)38)31(42)21-41-30-6-4-3-5-29(30)32(43)39-33(41)44-22-24-9-17-28(35)18-10-24/h3-18H,2,19-22H2,1H3. The number of thioether (sulfide) groups is 1. The highest BCUT2D eigenvalue weighted by Crippen LogP contribution is 2.31. The third-order valence-electron chi connectivity index (χ3n) is 7.15. The summed E-state index contributed by atoms with van der Waals surface area (Å²) < 4.78 is 53.9. The molecule has 1 amide bonds. The van der Waals surface area contributed by atoms with Gasteiger partial charge in [-0.1, -0.05) is 79.3 Å². The highest BCUT2D eigenvalue weighted by atomic mass is 32.2. The molecule has 0 spiro atoms. The van der Waals surface area contributed by atoms with Gasteiger partial charge in [-0.3, -0.25) is 9.59 Å². The van der Waals surface area contributed by atoms with E-state index in [1.807, 2.05) is 31.2 Å². The molecule has 44 heavy (non-hydrogen) atoms. The summed E-state index contributed by atoms with van der Waals surface area (Å²) in [6.45, 7) is 2.78. The molecule has 0 bridgehead atoms. The Hall–Kier alpha value is -4.44. The molecule has 0 atom stereocenters. The van der Waals surface area contributed by atoms with Gasteiger partial charge in [0.05, 0.1) is 16.5 Å². The van der Waals surface area contributed by atoms with Crippen LogP contribution in [0.5, 0.6) is 0 Å². The van der Waals surface area contributed by atoms with Crippen molar-refractivity contribution in [1.82, 2.24) is 14.5 Å². The van der Waals surface area contributed by atoms with Gasteiger partial charge < -0.3 is 9.47 Å². The van der Waals surface area contributed by atoms with Crippen molar-refractivity contribution in [1.29, 1.82) is 0 Å². The molecule has 0 radical (unpaired) electrons. The van der Waals surface area contributed by atoms with E-state index in [1.165, 1.54) is 36.0 Å². The van der Waals surface area contributed by atoms with Crippen LogP contribution in [-0.2, 0) is 29.8 Å². The van der Waals surface area contributed by atoms with Crippen LogP contribution in [0.15, 0.2) is 107 Å². The Morgan fingerprint density at radius 1 is 0.864 bits per heavy atom. The van der Waals surface area contributed by atoms with Crippen LogP contribution in [-0.4, -0.2) is 26.9 Å². The highest BCUT2D eigenvalue weighted by molar-refractivity contribution is 7.98. The Labute approximate surface area is 256 Å². The first-order valence-electron chi connectivity index (χ1n) is 14.0. The molecular weight excluding hydrogens is 590 g/mol. The molecule has 0 unspecified atom stereocenters. The summed E-state index contributed by atoms with van der Waals surface area (Å²) in [5, 5.41) is 0.802. The fourth-order valence-electron chi connectivity index (χ4n) is 4.86. The van der Waals surface area contributed by atoms with Crippen LogP contribution < -0.4 is 5.56 Å². The molecule has 0 aliphatic heterocycles. The van der Waals surface area contributed by atoms with E-state index in [1.54, 1.807) is 45.9 Å². The Morgan fingerprint density at radius 2 is 1.48 bits per heavy atom. The van der Waals surface area contributed by atoms with E-state index in [0.717, 1.165) is 35.2 Å². The van der Waals surface area contributed by atoms with Crippen LogP contribution in [0.1, 0.15) is 30.0 Å². The summed E-state index contributed by atoms with van der Waals surface area (Å²) in [6, 6.07) is 25.5. The first-order valence-corrected chi connectivity index (χ1v) is 15.0. The highest BCUT2D eigenvalue weighted by Gasteiger charge is 2.30. The lowest BCUT2D eigenvalue weighted by molar-refractivity contribution is -0.137. The third kappa shape index (κ3) is 7.37. The number of hydrogen-bond donors (Lipinski definition) is 0. The number of amides is 1. The first kappa shape index (κ1) is 31.0. The van der Waals surface area contributed by atoms with Crippen LogP contribution in [0, 0.1) is 5.82 Å². The molecule has 5 rings (SSSR count). The summed E-state index contributed by atoms with van der Waals surface area (Å²) in [4.78, 5) is 32.6. The number of aromatic nitrogens is 2. The van der Waals surface area contributed by atoms with Crippen molar-refractivity contribution in [3.05, 3.63) is 130 Å². The van der Waals surface area contributed by atoms with Crippen LogP contribution in [0.4, 0.5) is 17.6 Å². The van der Waals surface area contributed by atoms with Gasteiger partial charge >= 0.3 is 6.18 Å². The Bertz CT molecular complexity index is 1800. The number of carbonyl (C=O) groups excluding carboxylic acids is 1. The van der Waals surface area contributed by atoms with Gasteiger partial charge in [0.25, 0.3) is 5.56 Å². The molecule has 4 aromatic carbocycles. The number of halogens is 4. The van der Waals surface area contributed by atoms with Gasteiger partial charge in [0.1, 0.15) is 12.4 Å². The van der Waals surface area contributed by atoms with Crippen molar-refractivity contribution < 1.29 is 22.4 Å². The van der Waals surface area contributed by atoms with Crippen molar-refractivity contribution >= 4 is 28.6 Å². The Kier molecular flexibility index (Phi) is 9.49. The number of alkyl halides is 3. The molecule has 0 aliphatic carbocycles. The zero-order chi connectivity index (χ0) is 31.3. The van der Waals surface area contributed by atoms with E-state index in [-0.39, 0.29) is 23.8 Å². The van der Waals surface area contributed by atoms with Crippen molar-refractivity contribution in [3.8, 4) is 11.1 Å². The zero-order valence-corrected chi connectivity index (χ0v) is 24.7. The molecular formula is C34H29F4N3O2S. The molecule has 10 heteroatoms. The van der Waals surface area contributed by atoms with E-state index in [2.05, 4.69) is 4.98 Å². The predicted molar refractivity (Wildman–Crippen MR) is 165 cm³/mol. The van der Waals surface area contributed by atoms with Gasteiger partial charge in [-0.05, 0) is 65.1 Å². The Morgan fingerprint density at radius 3 is 2.11 bits per heavy atom. The number of fused-ring (bicyclic) bond motifs is 1. The van der Waals surface area contributed by atoms with E-state index in [4.69, 9.17) is 0 Å². The minimum Gasteiger partial charge on any atom is -0.337 e. The smallest absolute Gasteiger partial charge is 0.337 e. The topological polar surface area (TPSA) is 55.2 Å². The number of hydrogen-bond acceptors (Lipinski definition) is 4. The zero-order valence-electron chi connectivity index (χ0n) is 23.9. The maximum Gasteiger partial charge on any atom is 0.416 e. The first-order chi connectivity index (χ1) is 21.1. The summed E-state index contributed by atoms with van der Waals surface area (Å²) in [7, 11) is 0. The van der Waals surface area contributed by atoms with Gasteiger partial charge in [-0.25, -0.2) is 4.39 Å². The molecule has 5 aromatic rings. The van der Waals surface area contributed by atoms with Crippen LogP contribution in [0.3, 0.4) is 0 Å². The number of para-hydroxylation sites is 1. The van der Waals surface area contributed by atoms with Crippen LogP contribution >= 0.6 is 11.8 Å². The second kappa shape index (κ2) is 13.5. The largest absolute Gasteiger partial charge is 0.416 e. The lowest BCUT2D eigenvalue weighted by Gasteiger charge is -2.24. The molecule has 1 aromatic heterocycles. The predicted octanol–water partition coefficient (Wildman–Crippen LogP) is 7.95. The lowest BCUT2D eigenvalue weighted by atomic mass is 10.0. The molecule has 1 heterocycles. The molecule has 0 fully saturated rings. The number of nitrogens with zero attached hydrogens (tertiary/aromatic N) is 3. The number of benzene rings is 4. The number of carbonyl (C=O) groups is 1. The van der Waals surface area contributed by atoms with Crippen LogP contribution in [0.25, 0.3) is 22.0 Å². The second-order valence-electron chi connectivity index (χ2n) is 10.3. The minimum absolute atomic E-state index is 0.0385. The maximum atomic E-state index is 13.8. The average Bonchev–Trinajstić information content (AvgIpc) is 3.02. The molecule has 0 aliphatic rings. The monoisotopic (exact) mass is 619 g/mol. The SMILES string of the molecule is CCCN(Cc1ccc(-c2ccc(C(F)(F)F)cc2)cc1)C(=O)Cn1c(SCc2ccc(F)cc2)nc(=O)c2ccccc21. The van der Waals surface area contributed by atoms with Gasteiger partial charge in [0.2, 0.25) is 5.91 Å². The second-order valence-corrected chi connectivity index (χ2v) is 11.2. The molecule has 0 saturated carbocycles. The van der Waals surface area contributed by atoms with Gasteiger partial charge in [-0.2, -0.15) is 18.2 Å². The summed E-state index contributed by atoms with van der Waals surface area (Å²) in [6.07, 6.45) is -3.66. The average molecular weight is 620 g/mol.